The fraction of sp³-hybridized carbons (Fsp3) is 0.833. The molecule has 0 aromatic carbocycles. The van der Waals surface area contributed by atoms with E-state index >= 15 is 0 Å². The molecule has 4 heteroatoms. The summed E-state index contributed by atoms with van der Waals surface area (Å²) in [4.78, 5) is 10.3. The molecule has 1 heterocycles. The fourth-order valence-corrected chi connectivity index (χ4v) is 0.820. The van der Waals surface area contributed by atoms with Gasteiger partial charge < -0.3 is 14.6 Å². The third-order valence-electron chi connectivity index (χ3n) is 1.35. The van der Waals surface area contributed by atoms with Gasteiger partial charge in [-0.1, -0.05) is 0 Å². The summed E-state index contributed by atoms with van der Waals surface area (Å²) in [5.41, 5.74) is 0. The van der Waals surface area contributed by atoms with E-state index in [1.165, 1.54) is 0 Å². The number of ether oxygens (including phenoxy) is 2. The Morgan fingerprint density at radius 3 is 2.90 bits per heavy atom. The van der Waals surface area contributed by atoms with Crippen LogP contribution in [0.5, 0.6) is 0 Å². The maximum atomic E-state index is 10.3. The van der Waals surface area contributed by atoms with Gasteiger partial charge in [0.25, 0.3) is 0 Å². The molecular weight excluding hydrogens is 136 g/mol. The van der Waals surface area contributed by atoms with Crippen LogP contribution in [-0.4, -0.2) is 37.0 Å². The predicted octanol–water partition coefficient (Wildman–Crippen LogP) is -0.123. The van der Waals surface area contributed by atoms with E-state index in [1.807, 2.05) is 0 Å². The zero-order valence-corrected chi connectivity index (χ0v) is 5.58. The monoisotopic (exact) mass is 146 g/mol. The first-order valence-electron chi connectivity index (χ1n) is 3.23. The molecule has 4 nitrogen and oxygen atoms in total. The van der Waals surface area contributed by atoms with Crippen LogP contribution in [0, 0.1) is 0 Å². The molecule has 0 amide bonds. The second-order valence-corrected chi connectivity index (χ2v) is 2.10. The van der Waals surface area contributed by atoms with Gasteiger partial charge in [-0.05, 0) is 0 Å². The smallest absolute Gasteiger partial charge is 0.332 e. The van der Waals surface area contributed by atoms with E-state index in [2.05, 4.69) is 0 Å². The summed E-state index contributed by atoms with van der Waals surface area (Å²) in [5, 5.41) is 8.48. The second-order valence-electron chi connectivity index (χ2n) is 2.10. The predicted molar refractivity (Wildman–Crippen MR) is 32.8 cm³/mol. The Morgan fingerprint density at radius 2 is 2.20 bits per heavy atom. The molecule has 0 aliphatic carbocycles. The molecule has 0 spiro atoms. The Morgan fingerprint density at radius 1 is 1.40 bits per heavy atom. The molecule has 1 rings (SSSR count). The van der Waals surface area contributed by atoms with E-state index in [1.54, 1.807) is 0 Å². The molecule has 58 valence electrons. The van der Waals surface area contributed by atoms with Crippen molar-refractivity contribution in [2.24, 2.45) is 0 Å². The number of hydrogen-bond acceptors (Lipinski definition) is 3. The molecule has 0 aromatic heterocycles. The summed E-state index contributed by atoms with van der Waals surface area (Å²) >= 11 is 0. The molecule has 1 atom stereocenters. The third-order valence-corrected chi connectivity index (χ3v) is 1.35. The lowest BCUT2D eigenvalue weighted by atomic mass is 10.3. The summed E-state index contributed by atoms with van der Waals surface area (Å²) in [6, 6.07) is 0. The average molecular weight is 146 g/mol. The Hall–Kier alpha value is -0.610. The number of carboxylic acids is 1. The van der Waals surface area contributed by atoms with Crippen LogP contribution in [0.2, 0.25) is 0 Å². The van der Waals surface area contributed by atoms with Gasteiger partial charge in [0.05, 0.1) is 13.2 Å². The van der Waals surface area contributed by atoms with Gasteiger partial charge in [0.1, 0.15) is 0 Å². The van der Waals surface area contributed by atoms with E-state index in [0.29, 0.717) is 26.2 Å². The first-order valence-corrected chi connectivity index (χ1v) is 3.23. The van der Waals surface area contributed by atoms with Crippen molar-refractivity contribution in [1.82, 2.24) is 0 Å². The molecule has 1 N–H and O–H groups in total. The van der Waals surface area contributed by atoms with Crippen molar-refractivity contribution in [3.8, 4) is 0 Å². The number of hydrogen-bond donors (Lipinski definition) is 1. The molecule has 1 aliphatic heterocycles. The Labute approximate surface area is 58.7 Å². The van der Waals surface area contributed by atoms with Crippen molar-refractivity contribution in [2.45, 2.75) is 12.5 Å². The lowest BCUT2D eigenvalue weighted by Crippen LogP contribution is -2.23. The minimum absolute atomic E-state index is 0.386. The van der Waals surface area contributed by atoms with Crippen LogP contribution in [0.15, 0.2) is 0 Å². The summed E-state index contributed by atoms with van der Waals surface area (Å²) in [6.07, 6.45) is -0.211. The van der Waals surface area contributed by atoms with E-state index in [9.17, 15) is 4.79 Å². The number of rotatable bonds is 1. The van der Waals surface area contributed by atoms with Gasteiger partial charge in [-0.2, -0.15) is 0 Å². The molecule has 0 radical (unpaired) electrons. The van der Waals surface area contributed by atoms with E-state index in [0.717, 1.165) is 0 Å². The molecular formula is C6H10O4. The van der Waals surface area contributed by atoms with Crippen molar-refractivity contribution in [2.75, 3.05) is 19.8 Å². The first-order chi connectivity index (χ1) is 4.80. The van der Waals surface area contributed by atoms with Gasteiger partial charge in [-0.15, -0.1) is 0 Å². The maximum Gasteiger partial charge on any atom is 0.332 e. The summed E-state index contributed by atoms with van der Waals surface area (Å²) in [6.45, 7) is 1.37. The molecule has 10 heavy (non-hydrogen) atoms. The average Bonchev–Trinajstić information content (AvgIpc) is 2.12. The second kappa shape index (κ2) is 3.53. The molecule has 0 aromatic rings. The zero-order valence-electron chi connectivity index (χ0n) is 5.58. The minimum atomic E-state index is -0.898. The van der Waals surface area contributed by atoms with E-state index in [-0.39, 0.29) is 0 Å². The maximum absolute atomic E-state index is 10.3. The molecule has 1 aliphatic rings. The highest BCUT2D eigenvalue weighted by molar-refractivity contribution is 5.72. The highest BCUT2D eigenvalue weighted by Gasteiger charge is 2.19. The van der Waals surface area contributed by atoms with Gasteiger partial charge in [-0.25, -0.2) is 4.79 Å². The lowest BCUT2D eigenvalue weighted by molar-refractivity contribution is -0.149. The Bertz CT molecular complexity index is 115. The summed E-state index contributed by atoms with van der Waals surface area (Å²) in [7, 11) is 0. The molecule has 0 saturated carbocycles. The van der Waals surface area contributed by atoms with Crippen molar-refractivity contribution in [3.05, 3.63) is 0 Å². The number of aliphatic carboxylic acids is 1. The molecule has 0 bridgehead atoms. The standard InChI is InChI=1S/C6H10O4/c7-6(8)5-1-2-9-3-4-10-5/h5H,1-4H2,(H,7,8). The molecule has 1 fully saturated rings. The first kappa shape index (κ1) is 7.50. The van der Waals surface area contributed by atoms with E-state index in [4.69, 9.17) is 14.6 Å². The van der Waals surface area contributed by atoms with Crippen LogP contribution in [0.25, 0.3) is 0 Å². The fourth-order valence-electron chi connectivity index (χ4n) is 0.820. The summed E-state index contributed by atoms with van der Waals surface area (Å²) in [5.74, 6) is -0.898. The van der Waals surface area contributed by atoms with Crippen molar-refractivity contribution < 1.29 is 19.4 Å². The molecule has 1 saturated heterocycles. The van der Waals surface area contributed by atoms with Crippen LogP contribution in [-0.2, 0) is 14.3 Å². The van der Waals surface area contributed by atoms with Crippen molar-refractivity contribution in [3.63, 3.8) is 0 Å². The molecule has 1 unspecified atom stereocenters. The Balaban J connectivity index is 2.35. The quantitative estimate of drug-likeness (QED) is 0.560. The Kier molecular flexibility index (Phi) is 2.65. The van der Waals surface area contributed by atoms with Crippen molar-refractivity contribution >= 4 is 5.97 Å². The van der Waals surface area contributed by atoms with Crippen LogP contribution in [0.3, 0.4) is 0 Å². The normalized spacial score (nSPS) is 27.4. The number of carbonyl (C=O) groups is 1. The van der Waals surface area contributed by atoms with Crippen LogP contribution in [0.1, 0.15) is 6.42 Å². The van der Waals surface area contributed by atoms with Crippen LogP contribution in [0.4, 0.5) is 0 Å². The summed E-state index contributed by atoms with van der Waals surface area (Å²) < 4.78 is 9.93. The highest BCUT2D eigenvalue weighted by Crippen LogP contribution is 2.03. The van der Waals surface area contributed by atoms with Gasteiger partial charge in [0.2, 0.25) is 0 Å². The van der Waals surface area contributed by atoms with Gasteiger partial charge in [0, 0.05) is 13.0 Å². The van der Waals surface area contributed by atoms with Crippen LogP contribution < -0.4 is 0 Å². The highest BCUT2D eigenvalue weighted by atomic mass is 16.6. The van der Waals surface area contributed by atoms with Gasteiger partial charge >= 0.3 is 5.97 Å². The minimum Gasteiger partial charge on any atom is -0.479 e. The van der Waals surface area contributed by atoms with Crippen molar-refractivity contribution in [1.29, 1.82) is 0 Å². The topological polar surface area (TPSA) is 55.8 Å². The van der Waals surface area contributed by atoms with Crippen LogP contribution >= 0.6 is 0 Å². The van der Waals surface area contributed by atoms with Gasteiger partial charge in [0.15, 0.2) is 6.10 Å². The van der Waals surface area contributed by atoms with E-state index < -0.39 is 12.1 Å². The number of carboxylic acid groups (broad SMARTS) is 1. The SMILES string of the molecule is O=C(O)C1CCOCCO1. The largest absolute Gasteiger partial charge is 0.479 e. The zero-order chi connectivity index (χ0) is 7.40. The lowest BCUT2D eigenvalue weighted by Gasteiger charge is -2.06. The third kappa shape index (κ3) is 1.97. The van der Waals surface area contributed by atoms with Gasteiger partial charge in [-0.3, -0.25) is 0 Å².